The smallest absolute Gasteiger partial charge is 0.274 e. The molecule has 1 heterocycles. The van der Waals surface area contributed by atoms with Crippen LogP contribution in [0.1, 0.15) is 30.4 Å². The maximum atomic E-state index is 14.4. The molecule has 0 N–H and O–H groups in total. The van der Waals surface area contributed by atoms with Crippen molar-refractivity contribution in [2.45, 2.75) is 31.1 Å². The van der Waals surface area contributed by atoms with Crippen LogP contribution < -0.4 is 0 Å². The minimum Gasteiger partial charge on any atom is -0.274 e. The van der Waals surface area contributed by atoms with E-state index in [-0.39, 0.29) is 11.1 Å². The second kappa shape index (κ2) is 8.87. The van der Waals surface area contributed by atoms with E-state index in [0.29, 0.717) is 9.80 Å². The molecule has 0 radical (unpaired) electrons. The van der Waals surface area contributed by atoms with Crippen molar-refractivity contribution < 1.29 is 31.9 Å². The summed E-state index contributed by atoms with van der Waals surface area (Å²) in [4.78, 5) is 37.8. The summed E-state index contributed by atoms with van der Waals surface area (Å²) in [6.45, 7) is -1.28. The number of imide groups is 2. The molecule has 1 aliphatic heterocycles. The van der Waals surface area contributed by atoms with E-state index in [1.54, 1.807) is 12.1 Å². The summed E-state index contributed by atoms with van der Waals surface area (Å²) in [5, 5.41) is 0. The fourth-order valence-electron chi connectivity index (χ4n) is 3.28. The highest BCUT2D eigenvalue weighted by molar-refractivity contribution is 6.14. The van der Waals surface area contributed by atoms with E-state index in [1.165, 1.54) is 48.5 Å². The number of rotatable bonds is 8. The lowest BCUT2D eigenvalue weighted by Gasteiger charge is -2.34. The van der Waals surface area contributed by atoms with E-state index in [9.17, 15) is 31.9 Å². The average Bonchev–Trinajstić information content (AvgIpc) is 2.74. The molecule has 1 saturated heterocycles. The number of urea groups is 1. The normalized spacial score (nSPS) is 15.5. The topological polar surface area (TPSA) is 57.7 Å². The number of nitrogens with zero attached hydrogens (tertiary/aromatic N) is 2. The number of alkyl halides is 4. The van der Waals surface area contributed by atoms with Crippen molar-refractivity contribution in [1.82, 2.24) is 9.80 Å². The Morgan fingerprint density at radius 3 is 1.35 bits per heavy atom. The Morgan fingerprint density at radius 2 is 1.00 bits per heavy atom. The summed E-state index contributed by atoms with van der Waals surface area (Å²) < 4.78 is 57.6. The molecule has 9 heteroatoms. The molecule has 31 heavy (non-hydrogen) atoms. The van der Waals surface area contributed by atoms with Gasteiger partial charge in [0, 0.05) is 37.1 Å². The van der Waals surface area contributed by atoms with E-state index in [2.05, 4.69) is 0 Å². The van der Waals surface area contributed by atoms with Gasteiger partial charge in [-0.15, -0.1) is 0 Å². The minimum atomic E-state index is -3.31. The molecule has 164 valence electrons. The zero-order valence-corrected chi connectivity index (χ0v) is 16.4. The highest BCUT2D eigenvalue weighted by atomic mass is 19.3. The first-order valence-corrected chi connectivity index (χ1v) is 9.63. The fourth-order valence-corrected chi connectivity index (χ4v) is 3.28. The molecule has 5 nitrogen and oxygen atoms in total. The lowest BCUT2D eigenvalue weighted by Crippen LogP contribution is -2.56. The first-order chi connectivity index (χ1) is 14.6. The molecule has 2 aromatic carbocycles. The number of carbonyl (C=O) groups excluding carboxylic acids is 3. The Labute approximate surface area is 176 Å². The van der Waals surface area contributed by atoms with Gasteiger partial charge < -0.3 is 0 Å². The second-order valence-corrected chi connectivity index (χ2v) is 7.19. The van der Waals surface area contributed by atoms with Crippen molar-refractivity contribution in [1.29, 1.82) is 0 Å². The van der Waals surface area contributed by atoms with E-state index in [0.717, 1.165) is 0 Å². The SMILES string of the molecule is O=C1CC(=O)N(CCC(F)(F)c2ccccc2)C(=O)N1CCC(F)(F)c1ccccc1. The van der Waals surface area contributed by atoms with Crippen LogP contribution in [0.4, 0.5) is 22.4 Å². The largest absolute Gasteiger partial charge is 0.333 e. The molecule has 3 rings (SSSR count). The zero-order chi connectivity index (χ0) is 22.6. The van der Waals surface area contributed by atoms with Gasteiger partial charge in [0.1, 0.15) is 6.42 Å². The summed E-state index contributed by atoms with van der Waals surface area (Å²) in [5.41, 5.74) is -0.551. The van der Waals surface area contributed by atoms with E-state index < -0.39 is 62.0 Å². The predicted octanol–water partition coefficient (Wildman–Crippen LogP) is 4.53. The first kappa shape index (κ1) is 22.5. The number of barbiturate groups is 1. The van der Waals surface area contributed by atoms with Crippen LogP contribution in [0.3, 0.4) is 0 Å². The number of halogens is 4. The van der Waals surface area contributed by atoms with Gasteiger partial charge in [0.05, 0.1) is 0 Å². The number of carbonyl (C=O) groups is 3. The fraction of sp³-hybridized carbons (Fsp3) is 0.318. The summed E-state index contributed by atoms with van der Waals surface area (Å²) in [5.74, 6) is -8.47. The van der Waals surface area contributed by atoms with Gasteiger partial charge in [0.25, 0.3) is 11.8 Å². The Bertz CT molecular complexity index is 876. The molecule has 0 unspecified atom stereocenters. The maximum absolute atomic E-state index is 14.4. The van der Waals surface area contributed by atoms with Crippen molar-refractivity contribution in [3.05, 3.63) is 71.8 Å². The van der Waals surface area contributed by atoms with Gasteiger partial charge in [-0.05, 0) is 0 Å². The third-order valence-electron chi connectivity index (χ3n) is 5.06. The second-order valence-electron chi connectivity index (χ2n) is 7.19. The minimum absolute atomic E-state index is 0.276. The number of amides is 4. The van der Waals surface area contributed by atoms with Crippen molar-refractivity contribution in [2.24, 2.45) is 0 Å². The Morgan fingerprint density at radius 1 is 0.645 bits per heavy atom. The van der Waals surface area contributed by atoms with Crippen LogP contribution in [-0.2, 0) is 21.4 Å². The summed E-state index contributed by atoms with van der Waals surface area (Å²) >= 11 is 0. The molecule has 1 aliphatic rings. The third kappa shape index (κ3) is 5.10. The predicted molar refractivity (Wildman–Crippen MR) is 103 cm³/mol. The molecule has 0 aliphatic carbocycles. The highest BCUT2D eigenvalue weighted by Crippen LogP contribution is 2.33. The Kier molecular flexibility index (Phi) is 6.42. The highest BCUT2D eigenvalue weighted by Gasteiger charge is 2.42. The van der Waals surface area contributed by atoms with Crippen LogP contribution >= 0.6 is 0 Å². The monoisotopic (exact) mass is 436 g/mol. The van der Waals surface area contributed by atoms with Gasteiger partial charge in [-0.1, -0.05) is 60.7 Å². The van der Waals surface area contributed by atoms with Gasteiger partial charge in [0.15, 0.2) is 0 Å². The van der Waals surface area contributed by atoms with Crippen LogP contribution in [0.2, 0.25) is 0 Å². The lowest BCUT2D eigenvalue weighted by molar-refractivity contribution is -0.143. The van der Waals surface area contributed by atoms with E-state index >= 15 is 0 Å². The molecule has 4 amide bonds. The summed E-state index contributed by atoms with van der Waals surface area (Å²) in [6.07, 6.45) is -2.44. The maximum Gasteiger partial charge on any atom is 0.333 e. The quantitative estimate of drug-likeness (QED) is 0.451. The molecule has 0 aromatic heterocycles. The molecule has 0 saturated carbocycles. The molecule has 0 spiro atoms. The summed E-state index contributed by atoms with van der Waals surface area (Å²) in [7, 11) is 0. The van der Waals surface area contributed by atoms with Crippen molar-refractivity contribution in [3.63, 3.8) is 0 Å². The summed E-state index contributed by atoms with van der Waals surface area (Å²) in [6, 6.07) is 12.6. The lowest BCUT2D eigenvalue weighted by atomic mass is 10.0. The van der Waals surface area contributed by atoms with Crippen LogP contribution in [-0.4, -0.2) is 40.7 Å². The standard InChI is InChI=1S/C22H20F4N2O3/c23-21(24,16-7-3-1-4-8-16)11-13-27-18(29)15-19(30)28(20(27)31)14-12-22(25,26)17-9-5-2-6-10-17/h1-10H,11-15H2. The van der Waals surface area contributed by atoms with Crippen LogP contribution in [0.5, 0.6) is 0 Å². The molecule has 2 aromatic rings. The van der Waals surface area contributed by atoms with Gasteiger partial charge in [0.2, 0.25) is 11.8 Å². The van der Waals surface area contributed by atoms with Crippen molar-refractivity contribution in [2.75, 3.05) is 13.1 Å². The number of benzene rings is 2. The molecule has 0 bridgehead atoms. The van der Waals surface area contributed by atoms with E-state index in [4.69, 9.17) is 0 Å². The van der Waals surface area contributed by atoms with Crippen LogP contribution in [0, 0.1) is 0 Å². The number of hydrogen-bond donors (Lipinski definition) is 0. The van der Waals surface area contributed by atoms with Crippen molar-refractivity contribution in [3.8, 4) is 0 Å². The van der Waals surface area contributed by atoms with Crippen LogP contribution in [0.15, 0.2) is 60.7 Å². The molecule has 0 atom stereocenters. The first-order valence-electron chi connectivity index (χ1n) is 9.63. The molecular formula is C22H20F4N2O3. The zero-order valence-electron chi connectivity index (χ0n) is 16.4. The molecule has 1 fully saturated rings. The van der Waals surface area contributed by atoms with Crippen LogP contribution in [0.25, 0.3) is 0 Å². The van der Waals surface area contributed by atoms with Gasteiger partial charge in [-0.25, -0.2) is 22.4 Å². The average molecular weight is 436 g/mol. The van der Waals surface area contributed by atoms with Gasteiger partial charge >= 0.3 is 6.03 Å². The number of hydrogen-bond acceptors (Lipinski definition) is 3. The Balaban J connectivity index is 1.67. The van der Waals surface area contributed by atoms with E-state index in [1.807, 2.05) is 0 Å². The molecular weight excluding hydrogens is 416 g/mol. The Hall–Kier alpha value is -3.23. The van der Waals surface area contributed by atoms with Crippen molar-refractivity contribution >= 4 is 17.8 Å². The van der Waals surface area contributed by atoms with Gasteiger partial charge in [-0.2, -0.15) is 0 Å². The van der Waals surface area contributed by atoms with Gasteiger partial charge in [-0.3, -0.25) is 19.4 Å². The third-order valence-corrected chi connectivity index (χ3v) is 5.06.